The van der Waals surface area contributed by atoms with Gasteiger partial charge in [-0.3, -0.25) is 9.69 Å². The number of aryl methyl sites for hydroxylation is 1. The fourth-order valence-electron chi connectivity index (χ4n) is 3.68. The zero-order valence-corrected chi connectivity index (χ0v) is 14.6. The summed E-state index contributed by atoms with van der Waals surface area (Å²) in [6.45, 7) is 6.11. The number of hydrogen-bond acceptors (Lipinski definition) is 4. The minimum Gasteiger partial charge on any atom is -0.492 e. The quantitative estimate of drug-likeness (QED) is 0.840. The Morgan fingerprint density at radius 3 is 2.79 bits per heavy atom. The van der Waals surface area contributed by atoms with E-state index in [0.29, 0.717) is 6.61 Å². The van der Waals surface area contributed by atoms with Gasteiger partial charge in [-0.2, -0.15) is 0 Å². The third-order valence-electron chi connectivity index (χ3n) is 5.15. The topological polar surface area (TPSA) is 67.6 Å². The van der Waals surface area contributed by atoms with Crippen molar-refractivity contribution in [2.75, 3.05) is 31.6 Å². The molecule has 3 N–H and O–H groups in total. The first-order valence-electron chi connectivity index (χ1n) is 9.14. The number of nitrogens with one attached hydrogen (secondary N) is 1. The van der Waals surface area contributed by atoms with Gasteiger partial charge in [0.15, 0.2) is 0 Å². The highest BCUT2D eigenvalue weighted by Crippen LogP contribution is 2.27. The van der Waals surface area contributed by atoms with Crippen LogP contribution in [0, 0.1) is 12.8 Å². The van der Waals surface area contributed by atoms with Gasteiger partial charge in [0.1, 0.15) is 12.4 Å². The van der Waals surface area contributed by atoms with Crippen molar-refractivity contribution < 1.29 is 9.53 Å². The third kappa shape index (κ3) is 4.48. The zero-order chi connectivity index (χ0) is 16.9. The average Bonchev–Trinajstić information content (AvgIpc) is 3.21. The van der Waals surface area contributed by atoms with Gasteiger partial charge in [-0.15, -0.1) is 0 Å². The van der Waals surface area contributed by atoms with Crippen molar-refractivity contribution in [3.05, 3.63) is 23.8 Å². The molecule has 3 rings (SSSR count). The number of carbonyl (C=O) groups excluding carboxylic acids is 1. The Labute approximate surface area is 144 Å². The smallest absolute Gasteiger partial charge is 0.227 e. The van der Waals surface area contributed by atoms with E-state index >= 15 is 0 Å². The maximum atomic E-state index is 12.3. The van der Waals surface area contributed by atoms with Gasteiger partial charge in [-0.25, -0.2) is 0 Å². The molecule has 2 aliphatic rings. The van der Waals surface area contributed by atoms with Crippen LogP contribution >= 0.6 is 0 Å². The van der Waals surface area contributed by atoms with Crippen LogP contribution in [-0.4, -0.2) is 43.1 Å². The molecule has 5 nitrogen and oxygen atoms in total. The SMILES string of the molecule is Cc1cc(NC(=O)C2CCC(N)C2)ccc1OCCN1CCCC1. The lowest BCUT2D eigenvalue weighted by Crippen LogP contribution is -2.25. The minimum absolute atomic E-state index is 0.0525. The normalized spacial score (nSPS) is 24.2. The predicted molar refractivity (Wildman–Crippen MR) is 96.3 cm³/mol. The highest BCUT2D eigenvalue weighted by molar-refractivity contribution is 5.92. The lowest BCUT2D eigenvalue weighted by Gasteiger charge is -2.16. The summed E-state index contributed by atoms with van der Waals surface area (Å²) in [5.41, 5.74) is 7.78. The van der Waals surface area contributed by atoms with Crippen LogP contribution in [-0.2, 0) is 4.79 Å². The van der Waals surface area contributed by atoms with Gasteiger partial charge < -0.3 is 15.8 Å². The molecule has 132 valence electrons. The third-order valence-corrected chi connectivity index (χ3v) is 5.15. The Kier molecular flexibility index (Phi) is 5.74. The zero-order valence-electron chi connectivity index (χ0n) is 14.6. The maximum absolute atomic E-state index is 12.3. The molecule has 1 saturated heterocycles. The Morgan fingerprint density at radius 2 is 2.12 bits per heavy atom. The number of amides is 1. The van der Waals surface area contributed by atoms with Gasteiger partial charge in [-0.1, -0.05) is 0 Å². The summed E-state index contributed by atoms with van der Waals surface area (Å²) in [7, 11) is 0. The predicted octanol–water partition coefficient (Wildman–Crippen LogP) is 2.54. The largest absolute Gasteiger partial charge is 0.492 e. The highest BCUT2D eigenvalue weighted by atomic mass is 16.5. The molecular weight excluding hydrogens is 302 g/mol. The Bertz CT molecular complexity index is 570. The van der Waals surface area contributed by atoms with Crippen LogP contribution in [0.2, 0.25) is 0 Å². The monoisotopic (exact) mass is 331 g/mol. The number of likely N-dealkylation sites (tertiary alicyclic amines) is 1. The first-order valence-corrected chi connectivity index (χ1v) is 9.14. The molecule has 1 heterocycles. The van der Waals surface area contributed by atoms with E-state index < -0.39 is 0 Å². The summed E-state index contributed by atoms with van der Waals surface area (Å²) in [6, 6.07) is 6.03. The number of hydrogen-bond donors (Lipinski definition) is 2. The molecule has 0 radical (unpaired) electrons. The Hall–Kier alpha value is -1.59. The first-order chi connectivity index (χ1) is 11.6. The average molecular weight is 331 g/mol. The first kappa shape index (κ1) is 17.2. The van der Waals surface area contributed by atoms with Gasteiger partial charge >= 0.3 is 0 Å². The molecule has 0 bridgehead atoms. The molecule has 1 aliphatic carbocycles. The van der Waals surface area contributed by atoms with Crippen molar-refractivity contribution >= 4 is 11.6 Å². The Morgan fingerprint density at radius 1 is 1.33 bits per heavy atom. The van der Waals surface area contributed by atoms with E-state index in [9.17, 15) is 4.79 Å². The summed E-state index contributed by atoms with van der Waals surface area (Å²) < 4.78 is 5.90. The van der Waals surface area contributed by atoms with Crippen LogP contribution in [0.1, 0.15) is 37.7 Å². The molecule has 1 amide bonds. The van der Waals surface area contributed by atoms with Crippen molar-refractivity contribution in [2.45, 2.75) is 45.1 Å². The summed E-state index contributed by atoms with van der Waals surface area (Å²) >= 11 is 0. The van der Waals surface area contributed by atoms with Gasteiger partial charge in [0, 0.05) is 24.2 Å². The van der Waals surface area contributed by atoms with E-state index in [1.165, 1.54) is 25.9 Å². The lowest BCUT2D eigenvalue weighted by atomic mass is 10.1. The second-order valence-corrected chi connectivity index (χ2v) is 7.14. The highest BCUT2D eigenvalue weighted by Gasteiger charge is 2.27. The van der Waals surface area contributed by atoms with Crippen LogP contribution in [0.3, 0.4) is 0 Å². The van der Waals surface area contributed by atoms with E-state index in [-0.39, 0.29) is 17.9 Å². The van der Waals surface area contributed by atoms with Crippen LogP contribution in [0.5, 0.6) is 5.75 Å². The molecule has 2 atom stereocenters. The molecule has 2 fully saturated rings. The van der Waals surface area contributed by atoms with Gasteiger partial charge in [0.25, 0.3) is 0 Å². The number of nitrogens with two attached hydrogens (primary N) is 1. The fraction of sp³-hybridized carbons (Fsp3) is 0.632. The van der Waals surface area contributed by atoms with Crippen LogP contribution in [0.4, 0.5) is 5.69 Å². The number of ether oxygens (including phenoxy) is 1. The molecule has 1 saturated carbocycles. The molecular formula is C19H29N3O2. The van der Waals surface area contributed by atoms with E-state index in [4.69, 9.17) is 10.5 Å². The fourth-order valence-corrected chi connectivity index (χ4v) is 3.68. The molecule has 2 unspecified atom stereocenters. The maximum Gasteiger partial charge on any atom is 0.227 e. The van der Waals surface area contributed by atoms with Crippen molar-refractivity contribution in [2.24, 2.45) is 11.7 Å². The minimum atomic E-state index is 0.0525. The van der Waals surface area contributed by atoms with Crippen molar-refractivity contribution in [3.8, 4) is 5.75 Å². The van der Waals surface area contributed by atoms with Crippen LogP contribution in [0.25, 0.3) is 0 Å². The summed E-state index contributed by atoms with van der Waals surface area (Å²) in [5.74, 6) is 1.04. The molecule has 1 aliphatic heterocycles. The van der Waals surface area contributed by atoms with Crippen LogP contribution in [0.15, 0.2) is 18.2 Å². The lowest BCUT2D eigenvalue weighted by molar-refractivity contribution is -0.119. The molecule has 24 heavy (non-hydrogen) atoms. The second-order valence-electron chi connectivity index (χ2n) is 7.14. The molecule has 0 spiro atoms. The Balaban J connectivity index is 1.49. The van der Waals surface area contributed by atoms with Gasteiger partial charge in [0.05, 0.1) is 0 Å². The second kappa shape index (κ2) is 7.99. The standard InChI is InChI=1S/C19H29N3O2/c1-14-12-17(21-19(23)15-4-5-16(20)13-15)6-7-18(14)24-11-10-22-8-2-3-9-22/h6-7,12,15-16H,2-5,8-11,13,20H2,1H3,(H,21,23). The van der Waals surface area contributed by atoms with Gasteiger partial charge in [-0.05, 0) is 75.9 Å². The van der Waals surface area contributed by atoms with Crippen molar-refractivity contribution in [1.82, 2.24) is 4.90 Å². The van der Waals surface area contributed by atoms with Crippen molar-refractivity contribution in [3.63, 3.8) is 0 Å². The molecule has 5 heteroatoms. The number of rotatable bonds is 6. The molecule has 1 aromatic rings. The number of benzene rings is 1. The summed E-state index contributed by atoms with van der Waals surface area (Å²) in [6.07, 6.45) is 5.24. The summed E-state index contributed by atoms with van der Waals surface area (Å²) in [5, 5.41) is 3.02. The van der Waals surface area contributed by atoms with Crippen LogP contribution < -0.4 is 15.8 Å². The van der Waals surface area contributed by atoms with Crippen molar-refractivity contribution in [1.29, 1.82) is 0 Å². The van der Waals surface area contributed by atoms with E-state index in [2.05, 4.69) is 10.2 Å². The van der Waals surface area contributed by atoms with E-state index in [1.807, 2.05) is 25.1 Å². The van der Waals surface area contributed by atoms with E-state index in [0.717, 1.165) is 42.8 Å². The van der Waals surface area contributed by atoms with E-state index in [1.54, 1.807) is 0 Å². The summed E-state index contributed by atoms with van der Waals surface area (Å²) in [4.78, 5) is 14.7. The molecule has 1 aromatic carbocycles. The number of anilines is 1. The number of carbonyl (C=O) groups is 1. The number of nitrogens with zero attached hydrogens (tertiary/aromatic N) is 1. The molecule has 0 aromatic heterocycles. The van der Waals surface area contributed by atoms with Gasteiger partial charge in [0.2, 0.25) is 5.91 Å².